The first-order chi connectivity index (χ1) is 11.6. The zero-order valence-corrected chi connectivity index (χ0v) is 12.5. The third kappa shape index (κ3) is 2.14. The van der Waals surface area contributed by atoms with Crippen molar-refractivity contribution in [1.29, 1.82) is 0 Å². The molecule has 0 radical (unpaired) electrons. The van der Waals surface area contributed by atoms with Gasteiger partial charge in [-0.1, -0.05) is 36.4 Å². The predicted octanol–water partition coefficient (Wildman–Crippen LogP) is 3.45. The molecule has 116 valence electrons. The second-order valence-electron chi connectivity index (χ2n) is 5.45. The second-order valence-corrected chi connectivity index (χ2v) is 5.45. The fourth-order valence-corrected chi connectivity index (χ4v) is 2.88. The highest BCUT2D eigenvalue weighted by Crippen LogP contribution is 2.26. The van der Waals surface area contributed by atoms with Crippen LogP contribution in [0.25, 0.3) is 27.5 Å². The number of aromatic nitrogens is 2. The molecule has 4 rings (SSSR count). The molecule has 0 aliphatic heterocycles. The molecule has 0 aliphatic rings. The van der Waals surface area contributed by atoms with Crippen molar-refractivity contribution in [1.82, 2.24) is 9.55 Å². The van der Waals surface area contributed by atoms with Crippen molar-refractivity contribution in [3.63, 3.8) is 0 Å². The minimum atomic E-state index is -1.46. The fraction of sp³-hybridized carbons (Fsp3) is 0. The maximum Gasteiger partial charge on any atom is 0.377 e. The van der Waals surface area contributed by atoms with E-state index < -0.39 is 11.8 Å². The molecule has 0 saturated heterocycles. The number of Topliss-reactive ketones (excluding diaryl/α,β-unsaturated/α-hetero) is 1. The van der Waals surface area contributed by atoms with Crippen LogP contribution >= 0.6 is 0 Å². The Hall–Kier alpha value is -3.47. The molecule has 5 heteroatoms. The van der Waals surface area contributed by atoms with Gasteiger partial charge in [0.05, 0.1) is 28.5 Å². The van der Waals surface area contributed by atoms with Gasteiger partial charge in [-0.15, -0.1) is 0 Å². The van der Waals surface area contributed by atoms with Crippen LogP contribution in [0.2, 0.25) is 0 Å². The highest BCUT2D eigenvalue weighted by molar-refractivity contribution is 6.42. The first kappa shape index (κ1) is 14.1. The summed E-state index contributed by atoms with van der Waals surface area (Å²) in [6.07, 6.45) is 3.27. The zero-order valence-electron chi connectivity index (χ0n) is 12.5. The van der Waals surface area contributed by atoms with Crippen molar-refractivity contribution in [3.8, 4) is 5.69 Å². The lowest BCUT2D eigenvalue weighted by Crippen LogP contribution is -2.12. The number of pyridine rings is 1. The summed E-state index contributed by atoms with van der Waals surface area (Å²) in [5, 5.41) is 10.6. The van der Waals surface area contributed by atoms with Crippen LogP contribution in [-0.2, 0) is 4.79 Å². The molecule has 0 bridgehead atoms. The number of carboxylic acids is 1. The third-order valence-electron chi connectivity index (χ3n) is 4.01. The van der Waals surface area contributed by atoms with Crippen LogP contribution in [0.1, 0.15) is 10.4 Å². The van der Waals surface area contributed by atoms with Crippen LogP contribution < -0.4 is 0 Å². The van der Waals surface area contributed by atoms with Crippen LogP contribution in [0.5, 0.6) is 0 Å². The summed E-state index contributed by atoms with van der Waals surface area (Å²) < 4.78 is 1.80. The van der Waals surface area contributed by atoms with Gasteiger partial charge in [-0.2, -0.15) is 0 Å². The Balaban J connectivity index is 1.98. The van der Waals surface area contributed by atoms with Crippen molar-refractivity contribution >= 4 is 33.6 Å². The molecular formula is C19H12N2O3. The summed E-state index contributed by atoms with van der Waals surface area (Å²) >= 11 is 0. The average Bonchev–Trinajstić information content (AvgIpc) is 3.00. The van der Waals surface area contributed by atoms with Crippen molar-refractivity contribution in [2.75, 3.05) is 0 Å². The summed E-state index contributed by atoms with van der Waals surface area (Å²) in [4.78, 5) is 27.5. The van der Waals surface area contributed by atoms with Crippen molar-refractivity contribution in [3.05, 3.63) is 72.6 Å². The van der Waals surface area contributed by atoms with E-state index in [9.17, 15) is 9.59 Å². The molecule has 1 N–H and O–H groups in total. The van der Waals surface area contributed by atoms with Crippen LogP contribution in [0.15, 0.2) is 67.0 Å². The van der Waals surface area contributed by atoms with Crippen LogP contribution in [0.4, 0.5) is 0 Å². The van der Waals surface area contributed by atoms with Crippen molar-refractivity contribution in [2.45, 2.75) is 0 Å². The van der Waals surface area contributed by atoms with E-state index in [-0.39, 0.29) is 5.56 Å². The molecule has 24 heavy (non-hydrogen) atoms. The summed E-state index contributed by atoms with van der Waals surface area (Å²) in [6, 6.07) is 16.9. The van der Waals surface area contributed by atoms with Gasteiger partial charge < -0.3 is 9.67 Å². The van der Waals surface area contributed by atoms with E-state index in [2.05, 4.69) is 4.98 Å². The lowest BCUT2D eigenvalue weighted by molar-refractivity contribution is -0.131. The minimum Gasteiger partial charge on any atom is -0.475 e. The number of nitrogens with zero attached hydrogens (tertiary/aromatic N) is 2. The maximum atomic E-state index is 12.0. The Morgan fingerprint density at radius 3 is 2.58 bits per heavy atom. The molecule has 2 aromatic heterocycles. The monoisotopic (exact) mass is 316 g/mol. The lowest BCUT2D eigenvalue weighted by atomic mass is 10.1. The second kappa shape index (κ2) is 5.31. The van der Waals surface area contributed by atoms with Gasteiger partial charge in [-0.3, -0.25) is 9.78 Å². The van der Waals surface area contributed by atoms with E-state index in [0.717, 1.165) is 22.1 Å². The predicted molar refractivity (Wildman–Crippen MR) is 90.5 cm³/mol. The van der Waals surface area contributed by atoms with Gasteiger partial charge in [0.2, 0.25) is 0 Å². The molecule has 4 aromatic rings. The number of ketones is 1. The summed E-state index contributed by atoms with van der Waals surface area (Å²) in [5.41, 5.74) is 2.58. The molecule has 0 amide bonds. The smallest absolute Gasteiger partial charge is 0.377 e. The van der Waals surface area contributed by atoms with Gasteiger partial charge in [0.25, 0.3) is 5.78 Å². The molecule has 0 aliphatic carbocycles. The van der Waals surface area contributed by atoms with E-state index >= 15 is 0 Å². The lowest BCUT2D eigenvalue weighted by Gasteiger charge is -2.06. The van der Waals surface area contributed by atoms with E-state index in [1.807, 2.05) is 42.5 Å². The minimum absolute atomic E-state index is 0.172. The Bertz CT molecular complexity index is 1110. The van der Waals surface area contributed by atoms with E-state index in [0.29, 0.717) is 5.39 Å². The number of carbonyl (C=O) groups excluding carboxylic acids is 1. The Labute approximate surface area is 136 Å². The largest absolute Gasteiger partial charge is 0.475 e. The van der Waals surface area contributed by atoms with Gasteiger partial charge in [-0.05, 0) is 18.2 Å². The molecular weight excluding hydrogens is 304 g/mol. The number of para-hydroxylation sites is 2. The fourth-order valence-electron chi connectivity index (χ4n) is 2.88. The van der Waals surface area contributed by atoms with Gasteiger partial charge in [0.15, 0.2) is 0 Å². The number of hydrogen-bond donors (Lipinski definition) is 1. The van der Waals surface area contributed by atoms with Crippen LogP contribution in [-0.4, -0.2) is 26.4 Å². The van der Waals surface area contributed by atoms with E-state index in [4.69, 9.17) is 5.11 Å². The molecule has 2 aromatic carbocycles. The number of benzene rings is 2. The first-order valence-corrected chi connectivity index (χ1v) is 7.38. The van der Waals surface area contributed by atoms with Gasteiger partial charge in [0, 0.05) is 17.0 Å². The summed E-state index contributed by atoms with van der Waals surface area (Å²) in [6.45, 7) is 0. The number of fused-ring (bicyclic) bond motifs is 2. The van der Waals surface area contributed by atoms with Gasteiger partial charge in [0.1, 0.15) is 0 Å². The van der Waals surface area contributed by atoms with E-state index in [1.165, 1.54) is 0 Å². The highest BCUT2D eigenvalue weighted by atomic mass is 16.4. The van der Waals surface area contributed by atoms with Gasteiger partial charge >= 0.3 is 5.97 Å². The SMILES string of the molecule is O=C(O)C(=O)c1cn(-c2cnc3ccccc3c2)c2ccccc12. The Kier molecular flexibility index (Phi) is 3.13. The number of aliphatic carboxylic acids is 1. The molecule has 0 spiro atoms. The third-order valence-corrected chi connectivity index (χ3v) is 4.01. The van der Waals surface area contributed by atoms with E-state index in [1.54, 1.807) is 29.1 Å². The van der Waals surface area contributed by atoms with Crippen LogP contribution in [0, 0.1) is 0 Å². The molecule has 0 saturated carbocycles. The standard InChI is InChI=1S/C19H12N2O3/c22-18(19(23)24)15-11-21(17-8-4-2-6-14(15)17)13-9-12-5-1-3-7-16(12)20-10-13/h1-11H,(H,23,24). The van der Waals surface area contributed by atoms with Crippen molar-refractivity contribution < 1.29 is 14.7 Å². The highest BCUT2D eigenvalue weighted by Gasteiger charge is 2.21. The first-order valence-electron chi connectivity index (χ1n) is 7.38. The molecule has 0 atom stereocenters. The van der Waals surface area contributed by atoms with Crippen molar-refractivity contribution in [2.24, 2.45) is 0 Å². The number of rotatable bonds is 3. The molecule has 0 fully saturated rings. The Morgan fingerprint density at radius 1 is 1.00 bits per heavy atom. The quantitative estimate of drug-likeness (QED) is 0.464. The average molecular weight is 316 g/mol. The summed E-state index contributed by atoms with van der Waals surface area (Å²) in [5.74, 6) is -2.38. The molecule has 0 unspecified atom stereocenters. The maximum absolute atomic E-state index is 12.0. The number of hydrogen-bond acceptors (Lipinski definition) is 3. The number of carboxylic acid groups (broad SMARTS) is 1. The van der Waals surface area contributed by atoms with Gasteiger partial charge in [-0.25, -0.2) is 4.79 Å². The number of carbonyl (C=O) groups is 2. The molecule has 2 heterocycles. The zero-order chi connectivity index (χ0) is 16.7. The molecule has 5 nitrogen and oxygen atoms in total. The summed E-state index contributed by atoms with van der Waals surface area (Å²) in [7, 11) is 0. The normalized spacial score (nSPS) is 11.0. The Morgan fingerprint density at radius 2 is 1.75 bits per heavy atom. The topological polar surface area (TPSA) is 72.2 Å². The van der Waals surface area contributed by atoms with Crippen LogP contribution in [0.3, 0.4) is 0 Å².